The molecule has 0 radical (unpaired) electrons. The van der Waals surface area contributed by atoms with Gasteiger partial charge in [0, 0.05) is 23.5 Å². The number of carbonyl (C=O) groups is 1. The fraction of sp³-hybridized carbons (Fsp3) is 0.933. The Morgan fingerprint density at radius 2 is 2.00 bits per heavy atom. The van der Waals surface area contributed by atoms with Crippen molar-refractivity contribution in [1.82, 2.24) is 5.32 Å². The van der Waals surface area contributed by atoms with Crippen LogP contribution in [0.5, 0.6) is 0 Å². The fourth-order valence-corrected chi connectivity index (χ4v) is 3.65. The van der Waals surface area contributed by atoms with Gasteiger partial charge in [0.15, 0.2) is 0 Å². The van der Waals surface area contributed by atoms with Gasteiger partial charge in [-0.15, -0.1) is 0 Å². The second-order valence-corrected chi connectivity index (χ2v) is 7.00. The second kappa shape index (κ2) is 4.45. The standard InChI is InChI=1S/C15H28N2O2/c1-6-14(5,7-2)17-12(18)15(16)10-8-9-19-11(10)13(15,3)4/h10-11H,6-9,16H2,1-5H3,(H,17,18). The molecule has 3 N–H and O–H groups in total. The first-order valence-electron chi connectivity index (χ1n) is 7.46. The zero-order chi connectivity index (χ0) is 14.5. The molecular formula is C15H28N2O2. The topological polar surface area (TPSA) is 64.4 Å². The predicted octanol–water partition coefficient (Wildman–Crippen LogP) is 1.82. The number of hydrogen-bond donors (Lipinski definition) is 2. The molecule has 1 saturated carbocycles. The van der Waals surface area contributed by atoms with Crippen molar-refractivity contribution in [3.63, 3.8) is 0 Å². The molecule has 1 aliphatic carbocycles. The lowest BCUT2D eigenvalue weighted by Gasteiger charge is -2.61. The molecule has 3 unspecified atom stereocenters. The van der Waals surface area contributed by atoms with Crippen LogP contribution in [-0.2, 0) is 9.53 Å². The zero-order valence-electron chi connectivity index (χ0n) is 12.9. The normalized spacial score (nSPS) is 36.5. The van der Waals surface area contributed by atoms with Crippen LogP contribution in [0.4, 0.5) is 0 Å². The fourth-order valence-electron chi connectivity index (χ4n) is 3.65. The summed E-state index contributed by atoms with van der Waals surface area (Å²) in [4.78, 5) is 12.7. The third-order valence-corrected chi connectivity index (χ3v) is 5.81. The molecule has 0 aromatic rings. The van der Waals surface area contributed by atoms with Gasteiger partial charge in [0.2, 0.25) is 5.91 Å². The third-order valence-electron chi connectivity index (χ3n) is 5.81. The van der Waals surface area contributed by atoms with Crippen LogP contribution < -0.4 is 11.1 Å². The lowest BCUT2D eigenvalue weighted by molar-refractivity contribution is -0.176. The van der Waals surface area contributed by atoms with Crippen LogP contribution in [0.1, 0.15) is 53.9 Å². The van der Waals surface area contributed by atoms with Crippen molar-refractivity contribution in [2.45, 2.75) is 71.1 Å². The summed E-state index contributed by atoms with van der Waals surface area (Å²) in [5, 5.41) is 3.18. The number of amides is 1. The Kier molecular flexibility index (Phi) is 3.47. The third kappa shape index (κ3) is 1.83. The van der Waals surface area contributed by atoms with Gasteiger partial charge in [0.25, 0.3) is 0 Å². The van der Waals surface area contributed by atoms with Crippen LogP contribution in [0.25, 0.3) is 0 Å². The zero-order valence-corrected chi connectivity index (χ0v) is 12.9. The molecular weight excluding hydrogens is 240 g/mol. The molecule has 0 aromatic heterocycles. The van der Waals surface area contributed by atoms with Crippen LogP contribution in [0.2, 0.25) is 0 Å². The Hall–Kier alpha value is -0.610. The summed E-state index contributed by atoms with van der Waals surface area (Å²) in [7, 11) is 0. The average molecular weight is 268 g/mol. The lowest BCUT2D eigenvalue weighted by atomic mass is 9.47. The first-order valence-corrected chi connectivity index (χ1v) is 7.46. The van der Waals surface area contributed by atoms with Gasteiger partial charge in [0.1, 0.15) is 5.54 Å². The number of nitrogens with one attached hydrogen (secondary N) is 1. The molecule has 4 nitrogen and oxygen atoms in total. The van der Waals surface area contributed by atoms with E-state index in [1.54, 1.807) is 0 Å². The maximum Gasteiger partial charge on any atom is 0.241 e. The average Bonchev–Trinajstić information content (AvgIpc) is 2.85. The minimum Gasteiger partial charge on any atom is -0.377 e. The first-order chi connectivity index (χ1) is 8.73. The van der Waals surface area contributed by atoms with Crippen molar-refractivity contribution < 1.29 is 9.53 Å². The highest BCUT2D eigenvalue weighted by molar-refractivity contribution is 5.90. The molecule has 0 spiro atoms. The molecule has 0 bridgehead atoms. The monoisotopic (exact) mass is 268 g/mol. The van der Waals surface area contributed by atoms with E-state index in [9.17, 15) is 4.79 Å². The Balaban J connectivity index is 2.19. The highest BCUT2D eigenvalue weighted by Gasteiger charge is 2.71. The van der Waals surface area contributed by atoms with Gasteiger partial charge < -0.3 is 15.8 Å². The van der Waals surface area contributed by atoms with Crippen molar-refractivity contribution >= 4 is 5.91 Å². The summed E-state index contributed by atoms with van der Waals surface area (Å²) in [5.41, 5.74) is 5.29. The van der Waals surface area contributed by atoms with Gasteiger partial charge in [-0.1, -0.05) is 27.7 Å². The summed E-state index contributed by atoms with van der Waals surface area (Å²) < 4.78 is 5.74. The summed E-state index contributed by atoms with van der Waals surface area (Å²) in [6.07, 6.45) is 2.86. The quantitative estimate of drug-likeness (QED) is 0.817. The van der Waals surface area contributed by atoms with Crippen LogP contribution in [0.15, 0.2) is 0 Å². The van der Waals surface area contributed by atoms with E-state index in [-0.39, 0.29) is 28.9 Å². The molecule has 3 atom stereocenters. The van der Waals surface area contributed by atoms with E-state index in [0.717, 1.165) is 25.9 Å². The Labute approximate surface area is 116 Å². The number of rotatable bonds is 4. The highest BCUT2D eigenvalue weighted by Crippen LogP contribution is 2.58. The number of ether oxygens (including phenoxy) is 1. The van der Waals surface area contributed by atoms with E-state index >= 15 is 0 Å². The Morgan fingerprint density at radius 3 is 2.53 bits per heavy atom. The van der Waals surface area contributed by atoms with Gasteiger partial charge in [-0.25, -0.2) is 0 Å². The molecule has 2 aliphatic rings. The van der Waals surface area contributed by atoms with Gasteiger partial charge >= 0.3 is 0 Å². The molecule has 110 valence electrons. The number of hydrogen-bond acceptors (Lipinski definition) is 3. The largest absolute Gasteiger partial charge is 0.377 e. The molecule has 1 saturated heterocycles. The minimum absolute atomic E-state index is 0.00421. The summed E-state index contributed by atoms with van der Waals surface area (Å²) in [6, 6.07) is 0. The maximum atomic E-state index is 12.7. The first kappa shape index (κ1) is 14.8. The van der Waals surface area contributed by atoms with Gasteiger partial charge in [-0.3, -0.25) is 4.79 Å². The van der Waals surface area contributed by atoms with Gasteiger partial charge in [-0.05, 0) is 26.2 Å². The molecule has 4 heteroatoms. The SMILES string of the molecule is CCC(C)(CC)NC(=O)C1(N)C2CCOC2C1(C)C. The number of carbonyl (C=O) groups excluding carboxylic acids is 1. The van der Waals surface area contributed by atoms with E-state index in [2.05, 4.69) is 26.1 Å². The molecule has 1 amide bonds. The van der Waals surface area contributed by atoms with Gasteiger partial charge in [-0.2, -0.15) is 0 Å². The predicted molar refractivity (Wildman–Crippen MR) is 75.7 cm³/mol. The van der Waals surface area contributed by atoms with Crippen molar-refractivity contribution in [3.8, 4) is 0 Å². The molecule has 1 aliphatic heterocycles. The van der Waals surface area contributed by atoms with Crippen molar-refractivity contribution in [2.24, 2.45) is 17.1 Å². The maximum absolute atomic E-state index is 12.7. The van der Waals surface area contributed by atoms with E-state index < -0.39 is 5.54 Å². The number of fused-ring (bicyclic) bond motifs is 1. The summed E-state index contributed by atoms with van der Waals surface area (Å²) in [6.45, 7) is 11.1. The van der Waals surface area contributed by atoms with E-state index in [0.29, 0.717) is 0 Å². The molecule has 19 heavy (non-hydrogen) atoms. The van der Waals surface area contributed by atoms with E-state index in [1.165, 1.54) is 0 Å². The van der Waals surface area contributed by atoms with Crippen LogP contribution in [-0.4, -0.2) is 29.7 Å². The highest BCUT2D eigenvalue weighted by atomic mass is 16.5. The second-order valence-electron chi connectivity index (χ2n) is 7.00. The van der Waals surface area contributed by atoms with Crippen molar-refractivity contribution in [3.05, 3.63) is 0 Å². The van der Waals surface area contributed by atoms with Crippen molar-refractivity contribution in [1.29, 1.82) is 0 Å². The molecule has 0 aromatic carbocycles. The lowest BCUT2D eigenvalue weighted by Crippen LogP contribution is -2.81. The van der Waals surface area contributed by atoms with E-state index in [1.807, 2.05) is 13.8 Å². The van der Waals surface area contributed by atoms with E-state index in [4.69, 9.17) is 10.5 Å². The Bertz CT molecular complexity index is 376. The summed E-state index contributed by atoms with van der Waals surface area (Å²) >= 11 is 0. The van der Waals surface area contributed by atoms with Crippen LogP contribution in [0, 0.1) is 11.3 Å². The summed E-state index contributed by atoms with van der Waals surface area (Å²) in [5.74, 6) is 0.163. The smallest absolute Gasteiger partial charge is 0.241 e. The minimum atomic E-state index is -0.792. The van der Waals surface area contributed by atoms with Crippen LogP contribution >= 0.6 is 0 Å². The molecule has 1 heterocycles. The molecule has 2 rings (SSSR count). The Morgan fingerprint density at radius 1 is 1.42 bits per heavy atom. The van der Waals surface area contributed by atoms with Crippen LogP contribution in [0.3, 0.4) is 0 Å². The van der Waals surface area contributed by atoms with Gasteiger partial charge in [0.05, 0.1) is 6.10 Å². The van der Waals surface area contributed by atoms with Crippen molar-refractivity contribution in [2.75, 3.05) is 6.61 Å². The molecule has 2 fully saturated rings. The number of nitrogens with two attached hydrogens (primary N) is 1.